The lowest BCUT2D eigenvalue weighted by Gasteiger charge is -2.34. The number of nitrogens with two attached hydrogens (primary N) is 1. The van der Waals surface area contributed by atoms with E-state index in [1.807, 2.05) is 30.3 Å². The molecule has 3 aromatic carbocycles. The van der Waals surface area contributed by atoms with E-state index in [1.54, 1.807) is 19.2 Å². The number of benzene rings is 3. The van der Waals surface area contributed by atoms with E-state index < -0.39 is 0 Å². The quantitative estimate of drug-likeness (QED) is 0.274. The predicted octanol–water partition coefficient (Wildman–Crippen LogP) is 6.59. The van der Waals surface area contributed by atoms with Crippen molar-refractivity contribution < 1.29 is 4.39 Å². The van der Waals surface area contributed by atoms with Gasteiger partial charge in [0.1, 0.15) is 5.82 Å². The van der Waals surface area contributed by atoms with Crippen molar-refractivity contribution in [1.82, 2.24) is 5.32 Å². The first kappa shape index (κ1) is 26.1. The summed E-state index contributed by atoms with van der Waals surface area (Å²) in [6.45, 7) is 7.12. The van der Waals surface area contributed by atoms with Gasteiger partial charge in [-0.05, 0) is 53.1 Å². The van der Waals surface area contributed by atoms with Crippen molar-refractivity contribution in [2.24, 2.45) is 16.1 Å². The molecule has 0 spiro atoms. The van der Waals surface area contributed by atoms with Gasteiger partial charge in [-0.15, -0.1) is 0 Å². The van der Waals surface area contributed by atoms with E-state index in [-0.39, 0.29) is 23.2 Å². The van der Waals surface area contributed by atoms with E-state index in [1.165, 1.54) is 11.6 Å². The van der Waals surface area contributed by atoms with E-state index in [9.17, 15) is 9.65 Å². The summed E-state index contributed by atoms with van der Waals surface area (Å²) in [4.78, 5) is 4.51. The van der Waals surface area contributed by atoms with Crippen LogP contribution in [-0.2, 0) is 0 Å². The Morgan fingerprint density at radius 3 is 2.34 bits per heavy atom. The molecule has 3 N–H and O–H groups in total. The van der Waals surface area contributed by atoms with E-state index in [4.69, 9.17) is 5.73 Å². The van der Waals surface area contributed by atoms with Gasteiger partial charge < -0.3 is 11.1 Å². The molecule has 4 nitrogen and oxygen atoms in total. The van der Waals surface area contributed by atoms with Gasteiger partial charge in [0.05, 0.1) is 23.5 Å². The Bertz CT molecular complexity index is 1190. The molecule has 3 rings (SSSR count). The third kappa shape index (κ3) is 6.35. The van der Waals surface area contributed by atoms with Gasteiger partial charge in [-0.1, -0.05) is 81.4 Å². The van der Waals surface area contributed by atoms with Crippen LogP contribution in [0.2, 0.25) is 0 Å². The van der Waals surface area contributed by atoms with Crippen LogP contribution in [0.15, 0.2) is 77.8 Å². The maximum atomic E-state index is 14.5. The topological polar surface area (TPSA) is 74.2 Å². The molecule has 0 aliphatic carbocycles. The Kier molecular flexibility index (Phi) is 8.78. The van der Waals surface area contributed by atoms with Gasteiger partial charge >= 0.3 is 0 Å². The first-order valence-electron chi connectivity index (χ1n) is 12.1. The molecule has 0 aromatic heterocycles. The van der Waals surface area contributed by atoms with Crippen LogP contribution >= 0.6 is 0 Å². The number of rotatable bonds is 9. The number of nitrogens with zero attached hydrogens (tertiary/aromatic N) is 2. The molecule has 0 saturated heterocycles. The Morgan fingerprint density at radius 2 is 1.71 bits per heavy atom. The van der Waals surface area contributed by atoms with Crippen molar-refractivity contribution in [2.45, 2.75) is 45.6 Å². The van der Waals surface area contributed by atoms with Crippen LogP contribution in [0, 0.1) is 22.6 Å². The highest BCUT2D eigenvalue weighted by Gasteiger charge is 2.30. The zero-order valence-corrected chi connectivity index (χ0v) is 21.1. The fraction of sp³-hybridized carbons (Fsp3) is 0.333. The first-order chi connectivity index (χ1) is 16.8. The van der Waals surface area contributed by atoms with Crippen molar-refractivity contribution in [1.29, 1.82) is 5.26 Å². The van der Waals surface area contributed by atoms with E-state index in [0.717, 1.165) is 17.0 Å². The molecule has 0 radical (unpaired) electrons. The number of nitriles is 1. The van der Waals surface area contributed by atoms with E-state index in [0.29, 0.717) is 30.5 Å². The highest BCUT2D eigenvalue weighted by atomic mass is 19.1. The van der Waals surface area contributed by atoms with Crippen LogP contribution in [0.25, 0.3) is 11.1 Å². The maximum absolute atomic E-state index is 14.5. The van der Waals surface area contributed by atoms with Gasteiger partial charge in [0.15, 0.2) is 0 Å². The van der Waals surface area contributed by atoms with Crippen LogP contribution in [0.3, 0.4) is 0 Å². The third-order valence-electron chi connectivity index (χ3n) is 6.91. The second kappa shape index (κ2) is 11.8. The Labute approximate surface area is 208 Å². The molecule has 1 unspecified atom stereocenters. The van der Waals surface area contributed by atoms with Crippen molar-refractivity contribution in [3.8, 4) is 17.2 Å². The number of amidine groups is 1. The molecule has 0 aliphatic rings. The molecule has 0 heterocycles. The minimum absolute atomic E-state index is 0.115. The molecule has 2 atom stereocenters. The number of nitrogens with one attached hydrogen (secondary N) is 1. The molecular weight excluding hydrogens is 435 g/mol. The monoisotopic (exact) mass is 470 g/mol. The summed E-state index contributed by atoms with van der Waals surface area (Å²) in [5.74, 6) is 0.838. The molecule has 35 heavy (non-hydrogen) atoms. The lowest BCUT2D eigenvalue weighted by Crippen LogP contribution is -2.35. The van der Waals surface area contributed by atoms with Crippen molar-refractivity contribution in [3.05, 3.63) is 95.3 Å². The molecule has 0 bridgehead atoms. The number of halogens is 1. The van der Waals surface area contributed by atoms with Gasteiger partial charge in [0.25, 0.3) is 0 Å². The van der Waals surface area contributed by atoms with Gasteiger partial charge in [-0.25, -0.2) is 4.39 Å². The standard InChI is InChI=1S/C30H35FN4/c1-21(22-13-15-23(16-14-22)25-10-6-5-9-24(25)20-33)30(2,3)19-29(34-4)35-28(17-18-32)26-11-7-8-12-27(26)31/h5-16,21,28H,17-19,32H2,1-4H3,(H,34,35)/t21?,28-/m0/s1. The van der Waals surface area contributed by atoms with Crippen LogP contribution in [0.4, 0.5) is 4.39 Å². The van der Waals surface area contributed by atoms with Crippen LogP contribution in [0.1, 0.15) is 62.3 Å². The lowest BCUT2D eigenvalue weighted by molar-refractivity contribution is 0.310. The average Bonchev–Trinajstić information content (AvgIpc) is 2.87. The second-order valence-corrected chi connectivity index (χ2v) is 9.63. The largest absolute Gasteiger partial charge is 0.367 e. The lowest BCUT2D eigenvalue weighted by atomic mass is 9.73. The third-order valence-corrected chi connectivity index (χ3v) is 6.91. The summed E-state index contributed by atoms with van der Waals surface area (Å²) in [5, 5.41) is 12.9. The molecule has 0 amide bonds. The van der Waals surface area contributed by atoms with Crippen LogP contribution < -0.4 is 11.1 Å². The molecule has 5 heteroatoms. The molecular formula is C30H35FN4. The minimum Gasteiger partial charge on any atom is -0.367 e. The van der Waals surface area contributed by atoms with Gasteiger partial charge in [-0.3, -0.25) is 4.99 Å². The fourth-order valence-corrected chi connectivity index (χ4v) is 4.45. The molecule has 0 saturated carbocycles. The highest BCUT2D eigenvalue weighted by molar-refractivity contribution is 5.83. The number of hydrogen-bond donors (Lipinski definition) is 2. The van der Waals surface area contributed by atoms with Crippen molar-refractivity contribution in [2.75, 3.05) is 13.6 Å². The summed E-state index contributed by atoms with van der Waals surface area (Å²) < 4.78 is 14.5. The van der Waals surface area contributed by atoms with Crippen molar-refractivity contribution >= 4 is 5.84 Å². The molecule has 0 fully saturated rings. The maximum Gasteiger partial charge on any atom is 0.128 e. The Morgan fingerprint density at radius 1 is 1.06 bits per heavy atom. The van der Waals surface area contributed by atoms with Crippen LogP contribution in [-0.4, -0.2) is 19.4 Å². The molecule has 0 aliphatic heterocycles. The Hall–Kier alpha value is -3.49. The highest BCUT2D eigenvalue weighted by Crippen LogP contribution is 2.39. The normalized spacial score (nSPS) is 13.7. The molecule has 3 aromatic rings. The Balaban J connectivity index is 1.76. The number of aliphatic imine (C=N–C) groups is 1. The second-order valence-electron chi connectivity index (χ2n) is 9.63. The fourth-order valence-electron chi connectivity index (χ4n) is 4.45. The molecule has 182 valence electrons. The van der Waals surface area contributed by atoms with Crippen molar-refractivity contribution in [3.63, 3.8) is 0 Å². The average molecular weight is 471 g/mol. The summed E-state index contributed by atoms with van der Waals surface area (Å²) in [6, 6.07) is 25.0. The van der Waals surface area contributed by atoms with E-state index in [2.05, 4.69) is 61.4 Å². The van der Waals surface area contributed by atoms with Gasteiger partial charge in [0, 0.05) is 19.0 Å². The first-order valence-corrected chi connectivity index (χ1v) is 12.1. The smallest absolute Gasteiger partial charge is 0.128 e. The van der Waals surface area contributed by atoms with Crippen LogP contribution in [0.5, 0.6) is 0 Å². The predicted molar refractivity (Wildman–Crippen MR) is 143 cm³/mol. The summed E-state index contributed by atoms with van der Waals surface area (Å²) >= 11 is 0. The minimum atomic E-state index is -0.236. The number of hydrogen-bond acceptors (Lipinski definition) is 3. The SMILES string of the molecule is CN=C(CC(C)(C)C(C)c1ccc(-c2ccccc2C#N)cc1)N[C@@H](CCN)c1ccccc1F. The van der Waals surface area contributed by atoms with Gasteiger partial charge in [-0.2, -0.15) is 5.26 Å². The summed E-state index contributed by atoms with van der Waals surface area (Å²) in [6.07, 6.45) is 1.32. The van der Waals surface area contributed by atoms with Gasteiger partial charge in [0.2, 0.25) is 0 Å². The summed E-state index contributed by atoms with van der Waals surface area (Å²) in [7, 11) is 1.77. The van der Waals surface area contributed by atoms with E-state index >= 15 is 0 Å². The zero-order valence-electron chi connectivity index (χ0n) is 21.1. The summed E-state index contributed by atoms with van der Waals surface area (Å²) in [5.41, 5.74) is 10.2. The zero-order chi connectivity index (χ0) is 25.4.